The number of ether oxygens (including phenoxy) is 2. The van der Waals surface area contributed by atoms with Crippen molar-refractivity contribution in [2.24, 2.45) is 0 Å². The first kappa shape index (κ1) is 18.5. The van der Waals surface area contributed by atoms with Gasteiger partial charge < -0.3 is 14.6 Å². The highest BCUT2D eigenvalue weighted by molar-refractivity contribution is 5.77. The fraction of sp³-hybridized carbons (Fsp3) is 0.0833. The molecular weight excluding hydrogens is 364 g/mol. The second-order valence-electron chi connectivity index (χ2n) is 6.46. The van der Waals surface area contributed by atoms with Crippen molar-refractivity contribution < 1.29 is 14.6 Å². The number of aromatic hydroxyl groups is 1. The largest absolute Gasteiger partial charge is 0.504 e. The summed E-state index contributed by atoms with van der Waals surface area (Å²) in [6, 6.07) is 22.8. The first-order valence-electron chi connectivity index (χ1n) is 9.13. The van der Waals surface area contributed by atoms with Crippen LogP contribution in [0.2, 0.25) is 0 Å². The van der Waals surface area contributed by atoms with E-state index in [1.807, 2.05) is 66.7 Å². The Hall–Kier alpha value is -3.86. The summed E-state index contributed by atoms with van der Waals surface area (Å²) >= 11 is 0. The van der Waals surface area contributed by atoms with Gasteiger partial charge in [-0.2, -0.15) is 0 Å². The molecule has 0 aliphatic rings. The quantitative estimate of drug-likeness (QED) is 0.512. The summed E-state index contributed by atoms with van der Waals surface area (Å²) in [6.45, 7) is 0. The van der Waals surface area contributed by atoms with Gasteiger partial charge in [-0.25, -0.2) is 4.98 Å². The standard InChI is InChI=1S/C24H20N2O3/c1-28-19-7-5-6-17(12-19)21-13-18(16-9-10-23(27)24(15-16)29-2)14-22(26-21)20-8-3-4-11-25-20/h3-15,27H,1-2H3. The van der Waals surface area contributed by atoms with Gasteiger partial charge in [-0.05, 0) is 59.7 Å². The molecule has 0 fully saturated rings. The molecule has 2 aromatic carbocycles. The van der Waals surface area contributed by atoms with Gasteiger partial charge in [-0.1, -0.05) is 24.3 Å². The molecule has 0 aliphatic heterocycles. The monoisotopic (exact) mass is 384 g/mol. The van der Waals surface area contributed by atoms with Crippen LogP contribution < -0.4 is 9.47 Å². The van der Waals surface area contributed by atoms with Crippen LogP contribution in [0.4, 0.5) is 0 Å². The van der Waals surface area contributed by atoms with Gasteiger partial charge in [-0.3, -0.25) is 4.98 Å². The number of phenols is 1. The molecule has 0 saturated carbocycles. The molecule has 0 bridgehead atoms. The minimum absolute atomic E-state index is 0.100. The van der Waals surface area contributed by atoms with E-state index in [0.29, 0.717) is 5.75 Å². The van der Waals surface area contributed by atoms with Crippen molar-refractivity contribution >= 4 is 0 Å². The number of hydrogen-bond donors (Lipinski definition) is 1. The Kier molecular flexibility index (Phi) is 5.12. The molecule has 0 aliphatic carbocycles. The summed E-state index contributed by atoms with van der Waals surface area (Å²) in [4.78, 5) is 9.28. The Morgan fingerprint density at radius 2 is 1.55 bits per heavy atom. The molecule has 0 amide bonds. The Morgan fingerprint density at radius 1 is 0.690 bits per heavy atom. The van der Waals surface area contributed by atoms with Crippen LogP contribution in [0.15, 0.2) is 79.0 Å². The molecule has 2 heterocycles. The number of hydrogen-bond acceptors (Lipinski definition) is 5. The fourth-order valence-corrected chi connectivity index (χ4v) is 3.13. The molecule has 5 heteroatoms. The number of nitrogens with zero attached hydrogens (tertiary/aromatic N) is 2. The lowest BCUT2D eigenvalue weighted by molar-refractivity contribution is 0.373. The second kappa shape index (κ2) is 8.02. The van der Waals surface area contributed by atoms with Crippen LogP contribution in [0.25, 0.3) is 33.8 Å². The maximum absolute atomic E-state index is 9.94. The van der Waals surface area contributed by atoms with E-state index in [4.69, 9.17) is 14.5 Å². The number of aromatic nitrogens is 2. The van der Waals surface area contributed by atoms with Crippen LogP contribution in [0.5, 0.6) is 17.2 Å². The Morgan fingerprint density at radius 3 is 2.31 bits per heavy atom. The third-order valence-corrected chi connectivity index (χ3v) is 4.63. The highest BCUT2D eigenvalue weighted by atomic mass is 16.5. The van der Waals surface area contributed by atoms with E-state index >= 15 is 0 Å². The molecule has 4 rings (SSSR count). The lowest BCUT2D eigenvalue weighted by Crippen LogP contribution is -1.93. The molecule has 0 spiro atoms. The van der Waals surface area contributed by atoms with Gasteiger partial charge in [-0.15, -0.1) is 0 Å². The lowest BCUT2D eigenvalue weighted by Gasteiger charge is -2.12. The SMILES string of the molecule is COc1cccc(-c2cc(-c3ccc(O)c(OC)c3)cc(-c3ccccn3)n2)c1. The van der Waals surface area contributed by atoms with Crippen molar-refractivity contribution in [3.8, 4) is 51.0 Å². The van der Waals surface area contributed by atoms with E-state index in [0.717, 1.165) is 39.5 Å². The molecule has 1 N–H and O–H groups in total. The molecule has 5 nitrogen and oxygen atoms in total. The molecular formula is C24H20N2O3. The summed E-state index contributed by atoms with van der Waals surface area (Å²) in [5.74, 6) is 1.28. The highest BCUT2D eigenvalue weighted by Gasteiger charge is 2.12. The number of pyridine rings is 2. The first-order chi connectivity index (χ1) is 14.2. The summed E-state index contributed by atoms with van der Waals surface area (Å²) in [7, 11) is 3.18. The van der Waals surface area contributed by atoms with Crippen molar-refractivity contribution in [1.29, 1.82) is 0 Å². The second-order valence-corrected chi connectivity index (χ2v) is 6.46. The van der Waals surface area contributed by atoms with Crippen molar-refractivity contribution in [3.05, 3.63) is 79.0 Å². The Labute approximate surface area is 169 Å². The maximum Gasteiger partial charge on any atom is 0.161 e. The lowest BCUT2D eigenvalue weighted by atomic mass is 10.0. The zero-order valence-corrected chi connectivity index (χ0v) is 16.2. The molecule has 0 atom stereocenters. The van der Waals surface area contributed by atoms with E-state index in [2.05, 4.69) is 4.98 Å². The van der Waals surface area contributed by atoms with E-state index in [1.165, 1.54) is 7.11 Å². The van der Waals surface area contributed by atoms with E-state index < -0.39 is 0 Å². The number of phenolic OH excluding ortho intramolecular Hbond substituents is 1. The number of benzene rings is 2. The summed E-state index contributed by atoms with van der Waals surface area (Å²) in [5, 5.41) is 9.94. The summed E-state index contributed by atoms with van der Waals surface area (Å²) in [5.41, 5.74) is 5.13. The van der Waals surface area contributed by atoms with Gasteiger partial charge in [0.15, 0.2) is 11.5 Å². The van der Waals surface area contributed by atoms with Crippen LogP contribution in [0.1, 0.15) is 0 Å². The molecule has 29 heavy (non-hydrogen) atoms. The Bertz CT molecular complexity index is 1140. The Balaban J connectivity index is 1.91. The van der Waals surface area contributed by atoms with Gasteiger partial charge >= 0.3 is 0 Å². The van der Waals surface area contributed by atoms with Crippen LogP contribution in [0, 0.1) is 0 Å². The van der Waals surface area contributed by atoms with Gasteiger partial charge in [0.25, 0.3) is 0 Å². The zero-order chi connectivity index (χ0) is 20.2. The van der Waals surface area contributed by atoms with Crippen molar-refractivity contribution in [1.82, 2.24) is 9.97 Å². The number of methoxy groups -OCH3 is 2. The van der Waals surface area contributed by atoms with Gasteiger partial charge in [0.05, 0.1) is 31.3 Å². The first-order valence-corrected chi connectivity index (χ1v) is 9.13. The van der Waals surface area contributed by atoms with Gasteiger partial charge in [0, 0.05) is 11.8 Å². The minimum atomic E-state index is 0.100. The molecule has 144 valence electrons. The average Bonchev–Trinajstić information content (AvgIpc) is 2.79. The molecule has 4 aromatic rings. The van der Waals surface area contributed by atoms with Crippen LogP contribution in [0.3, 0.4) is 0 Å². The summed E-state index contributed by atoms with van der Waals surface area (Å²) in [6.07, 6.45) is 1.75. The van der Waals surface area contributed by atoms with E-state index in [9.17, 15) is 5.11 Å². The van der Waals surface area contributed by atoms with Crippen LogP contribution in [-0.4, -0.2) is 29.3 Å². The normalized spacial score (nSPS) is 10.6. The van der Waals surface area contributed by atoms with E-state index in [1.54, 1.807) is 19.4 Å². The van der Waals surface area contributed by atoms with Gasteiger partial charge in [0.1, 0.15) is 5.75 Å². The van der Waals surface area contributed by atoms with Crippen molar-refractivity contribution in [2.75, 3.05) is 14.2 Å². The number of rotatable bonds is 5. The minimum Gasteiger partial charge on any atom is -0.504 e. The fourth-order valence-electron chi connectivity index (χ4n) is 3.13. The maximum atomic E-state index is 9.94. The van der Waals surface area contributed by atoms with E-state index in [-0.39, 0.29) is 5.75 Å². The van der Waals surface area contributed by atoms with Crippen molar-refractivity contribution in [3.63, 3.8) is 0 Å². The molecule has 0 radical (unpaired) electrons. The molecule has 0 saturated heterocycles. The van der Waals surface area contributed by atoms with Crippen LogP contribution >= 0.6 is 0 Å². The zero-order valence-electron chi connectivity index (χ0n) is 16.2. The average molecular weight is 384 g/mol. The van der Waals surface area contributed by atoms with Crippen molar-refractivity contribution in [2.45, 2.75) is 0 Å². The molecule has 0 unspecified atom stereocenters. The summed E-state index contributed by atoms with van der Waals surface area (Å²) < 4.78 is 10.6. The van der Waals surface area contributed by atoms with Gasteiger partial charge in [0.2, 0.25) is 0 Å². The highest BCUT2D eigenvalue weighted by Crippen LogP contribution is 2.35. The topological polar surface area (TPSA) is 64.5 Å². The third-order valence-electron chi connectivity index (χ3n) is 4.63. The molecule has 2 aromatic heterocycles. The third kappa shape index (κ3) is 3.89. The predicted molar refractivity (Wildman–Crippen MR) is 113 cm³/mol. The van der Waals surface area contributed by atoms with Crippen LogP contribution in [-0.2, 0) is 0 Å². The smallest absolute Gasteiger partial charge is 0.161 e. The predicted octanol–water partition coefficient (Wildman–Crippen LogP) is 5.20.